The first-order chi connectivity index (χ1) is 12.6. The van der Waals surface area contributed by atoms with Gasteiger partial charge in [0.25, 0.3) is 5.91 Å². The Morgan fingerprint density at radius 3 is 2.69 bits per heavy atom. The molecule has 7 heteroatoms. The van der Waals surface area contributed by atoms with Crippen molar-refractivity contribution in [2.24, 2.45) is 0 Å². The number of para-hydroxylation sites is 1. The fourth-order valence-electron chi connectivity index (χ4n) is 2.26. The van der Waals surface area contributed by atoms with Crippen LogP contribution in [0, 0.1) is 5.82 Å². The molecule has 0 radical (unpaired) electrons. The Morgan fingerprint density at radius 1 is 1.12 bits per heavy atom. The van der Waals surface area contributed by atoms with Crippen LogP contribution in [0.5, 0.6) is 11.5 Å². The molecule has 26 heavy (non-hydrogen) atoms. The Labute approximate surface area is 149 Å². The van der Waals surface area contributed by atoms with E-state index >= 15 is 0 Å². The second kappa shape index (κ2) is 8.15. The van der Waals surface area contributed by atoms with Crippen LogP contribution in [-0.4, -0.2) is 31.7 Å². The van der Waals surface area contributed by atoms with Crippen molar-refractivity contribution in [3.05, 3.63) is 59.9 Å². The largest absolute Gasteiger partial charge is 0.486 e. The summed E-state index contributed by atoms with van der Waals surface area (Å²) in [5.41, 5.74) is 0.752. The van der Waals surface area contributed by atoms with Crippen LogP contribution in [0.15, 0.2) is 48.5 Å². The normalized spacial score (nSPS) is 12.7. The Morgan fingerprint density at radius 2 is 1.88 bits per heavy atom. The first-order valence-corrected chi connectivity index (χ1v) is 7.91. The quantitative estimate of drug-likeness (QED) is 0.658. The zero-order chi connectivity index (χ0) is 18.4. The van der Waals surface area contributed by atoms with E-state index in [4.69, 9.17) is 14.2 Å². The van der Waals surface area contributed by atoms with E-state index in [0.717, 1.165) is 5.56 Å². The second-order valence-electron chi connectivity index (χ2n) is 5.37. The third-order valence-electron chi connectivity index (χ3n) is 3.47. The molecule has 0 fully saturated rings. The number of nitrogens with one attached hydrogen (secondary N) is 1. The summed E-state index contributed by atoms with van der Waals surface area (Å²) in [6.07, 6.45) is 2.73. The van der Waals surface area contributed by atoms with Gasteiger partial charge >= 0.3 is 5.97 Å². The summed E-state index contributed by atoms with van der Waals surface area (Å²) in [4.78, 5) is 23.4. The molecule has 0 aliphatic carbocycles. The minimum absolute atomic E-state index is 0.0281. The van der Waals surface area contributed by atoms with Crippen molar-refractivity contribution in [1.82, 2.24) is 0 Å². The average Bonchev–Trinajstić information content (AvgIpc) is 2.66. The van der Waals surface area contributed by atoms with Gasteiger partial charge in [0.2, 0.25) is 0 Å². The zero-order valence-electron chi connectivity index (χ0n) is 13.7. The molecule has 0 atom stereocenters. The van der Waals surface area contributed by atoms with Crippen molar-refractivity contribution in [2.45, 2.75) is 0 Å². The van der Waals surface area contributed by atoms with Crippen LogP contribution < -0.4 is 14.8 Å². The lowest BCUT2D eigenvalue weighted by atomic mass is 10.2. The number of rotatable bonds is 5. The lowest BCUT2D eigenvalue weighted by Crippen LogP contribution is -2.20. The zero-order valence-corrected chi connectivity index (χ0v) is 13.7. The highest BCUT2D eigenvalue weighted by Crippen LogP contribution is 2.31. The molecule has 1 heterocycles. The van der Waals surface area contributed by atoms with E-state index in [-0.39, 0.29) is 5.69 Å². The number of hydrogen-bond acceptors (Lipinski definition) is 5. The summed E-state index contributed by atoms with van der Waals surface area (Å²) in [6, 6.07) is 11.0. The number of carbonyl (C=O) groups excluding carboxylic acids is 2. The molecule has 1 amide bonds. The van der Waals surface area contributed by atoms with Gasteiger partial charge < -0.3 is 19.5 Å². The highest BCUT2D eigenvalue weighted by atomic mass is 19.1. The van der Waals surface area contributed by atoms with Gasteiger partial charge in [0.15, 0.2) is 18.1 Å². The van der Waals surface area contributed by atoms with Crippen LogP contribution in [0.1, 0.15) is 5.56 Å². The van der Waals surface area contributed by atoms with Crippen molar-refractivity contribution >= 4 is 23.6 Å². The number of anilines is 1. The molecule has 0 saturated heterocycles. The molecule has 1 aliphatic heterocycles. The summed E-state index contributed by atoms with van der Waals surface area (Å²) in [6.45, 7) is 0.460. The van der Waals surface area contributed by atoms with E-state index < -0.39 is 24.3 Å². The molecule has 2 aromatic carbocycles. The van der Waals surface area contributed by atoms with Crippen LogP contribution in [0.2, 0.25) is 0 Å². The minimum atomic E-state index is -0.691. The number of amides is 1. The third kappa shape index (κ3) is 4.60. The molecule has 3 rings (SSSR count). The highest BCUT2D eigenvalue weighted by Gasteiger charge is 2.11. The van der Waals surface area contributed by atoms with Gasteiger partial charge in [-0.1, -0.05) is 18.2 Å². The first-order valence-electron chi connectivity index (χ1n) is 7.91. The van der Waals surface area contributed by atoms with Gasteiger partial charge in [0.05, 0.1) is 5.69 Å². The smallest absolute Gasteiger partial charge is 0.331 e. The number of halogens is 1. The van der Waals surface area contributed by atoms with Gasteiger partial charge in [-0.3, -0.25) is 4.79 Å². The number of hydrogen-bond donors (Lipinski definition) is 1. The molecule has 0 unspecified atom stereocenters. The molecular weight excluding hydrogens is 341 g/mol. The van der Waals surface area contributed by atoms with Gasteiger partial charge in [-0.05, 0) is 35.9 Å². The van der Waals surface area contributed by atoms with Gasteiger partial charge in [-0.2, -0.15) is 0 Å². The van der Waals surface area contributed by atoms with Gasteiger partial charge in [-0.25, -0.2) is 9.18 Å². The molecule has 134 valence electrons. The fourth-order valence-corrected chi connectivity index (χ4v) is 2.26. The lowest BCUT2D eigenvalue weighted by molar-refractivity contribution is -0.142. The molecule has 1 aliphatic rings. The lowest BCUT2D eigenvalue weighted by Gasteiger charge is -2.18. The average molecular weight is 357 g/mol. The number of carbonyl (C=O) groups is 2. The maximum atomic E-state index is 13.4. The van der Waals surface area contributed by atoms with E-state index in [1.54, 1.807) is 24.3 Å². The second-order valence-corrected chi connectivity index (χ2v) is 5.37. The van der Waals surface area contributed by atoms with Crippen LogP contribution in [0.25, 0.3) is 6.08 Å². The number of fused-ring (bicyclic) bond motifs is 1. The van der Waals surface area contributed by atoms with Crippen molar-refractivity contribution in [3.63, 3.8) is 0 Å². The predicted molar refractivity (Wildman–Crippen MR) is 92.5 cm³/mol. The Hall–Kier alpha value is -3.35. The number of benzene rings is 2. The number of esters is 1. The van der Waals surface area contributed by atoms with Crippen molar-refractivity contribution in [2.75, 3.05) is 25.1 Å². The van der Waals surface area contributed by atoms with Crippen molar-refractivity contribution in [3.8, 4) is 11.5 Å². The third-order valence-corrected chi connectivity index (χ3v) is 3.47. The summed E-state index contributed by atoms with van der Waals surface area (Å²) in [5, 5.41) is 2.33. The van der Waals surface area contributed by atoms with Crippen LogP contribution in [0.3, 0.4) is 0 Å². The standard InChI is InChI=1S/C19H16FNO5/c20-14-3-1-2-4-15(14)21-18(22)12-26-19(23)8-6-13-5-7-16-17(11-13)25-10-9-24-16/h1-8,11H,9-10,12H2,(H,21,22)/b8-6+. The molecule has 0 spiro atoms. The molecule has 6 nitrogen and oxygen atoms in total. The molecular formula is C19H16FNO5. The summed E-state index contributed by atoms with van der Waals surface area (Å²) < 4.78 is 29.1. The monoisotopic (exact) mass is 357 g/mol. The van der Waals surface area contributed by atoms with E-state index in [9.17, 15) is 14.0 Å². The van der Waals surface area contributed by atoms with Gasteiger partial charge in [-0.15, -0.1) is 0 Å². The minimum Gasteiger partial charge on any atom is -0.486 e. The predicted octanol–water partition coefficient (Wildman–Crippen LogP) is 2.79. The van der Waals surface area contributed by atoms with E-state index in [1.165, 1.54) is 30.4 Å². The molecule has 2 aromatic rings. The van der Waals surface area contributed by atoms with E-state index in [1.807, 2.05) is 0 Å². The Bertz CT molecular complexity index is 850. The number of ether oxygens (including phenoxy) is 3. The summed E-state index contributed by atoms with van der Waals surface area (Å²) in [5.74, 6) is -0.623. The van der Waals surface area contributed by atoms with Crippen LogP contribution in [-0.2, 0) is 14.3 Å². The summed E-state index contributed by atoms with van der Waals surface area (Å²) >= 11 is 0. The maximum Gasteiger partial charge on any atom is 0.331 e. The molecule has 0 aromatic heterocycles. The van der Waals surface area contributed by atoms with Crippen LogP contribution >= 0.6 is 0 Å². The molecule has 1 N–H and O–H groups in total. The highest BCUT2D eigenvalue weighted by molar-refractivity contribution is 5.94. The van der Waals surface area contributed by atoms with E-state index in [0.29, 0.717) is 24.7 Å². The van der Waals surface area contributed by atoms with Crippen molar-refractivity contribution < 1.29 is 28.2 Å². The van der Waals surface area contributed by atoms with Gasteiger partial charge in [0, 0.05) is 6.08 Å². The molecule has 0 saturated carbocycles. The SMILES string of the molecule is O=C(COC(=O)/C=C/c1ccc2c(c1)OCCO2)Nc1ccccc1F. The Balaban J connectivity index is 1.50. The first kappa shape index (κ1) is 17.5. The maximum absolute atomic E-state index is 13.4. The van der Waals surface area contributed by atoms with E-state index in [2.05, 4.69) is 5.32 Å². The summed E-state index contributed by atoms with van der Waals surface area (Å²) in [7, 11) is 0. The molecule has 0 bridgehead atoms. The Kier molecular flexibility index (Phi) is 5.48. The fraction of sp³-hybridized carbons (Fsp3) is 0.158. The topological polar surface area (TPSA) is 73.9 Å². The van der Waals surface area contributed by atoms with Gasteiger partial charge in [0.1, 0.15) is 19.0 Å². The van der Waals surface area contributed by atoms with Crippen LogP contribution in [0.4, 0.5) is 10.1 Å². The van der Waals surface area contributed by atoms with Crippen molar-refractivity contribution in [1.29, 1.82) is 0 Å².